The Morgan fingerprint density at radius 3 is 2.37 bits per heavy atom. The van der Waals surface area contributed by atoms with Crippen LogP contribution in [0.25, 0.3) is 0 Å². The van der Waals surface area contributed by atoms with E-state index in [1.165, 1.54) is 22.9 Å². The average Bonchev–Trinajstić information content (AvgIpc) is 2.73. The largest absolute Gasteiger partial charge is 0.416 e. The summed E-state index contributed by atoms with van der Waals surface area (Å²) in [5.74, 6) is -0.174. The third-order valence-corrected chi connectivity index (χ3v) is 5.82. The molecule has 7 heteroatoms. The van der Waals surface area contributed by atoms with Gasteiger partial charge in [-0.1, -0.05) is 18.2 Å². The number of anilines is 1. The third-order valence-electron chi connectivity index (χ3n) is 5.82. The number of hydrogen-bond donors (Lipinski definition) is 1. The maximum atomic E-state index is 12.8. The molecule has 1 unspecified atom stereocenters. The second-order valence-electron chi connectivity index (χ2n) is 7.88. The van der Waals surface area contributed by atoms with Gasteiger partial charge in [-0.25, -0.2) is 0 Å². The highest BCUT2D eigenvalue weighted by atomic mass is 19.4. The number of halogens is 3. The molecular weight excluding hydrogens is 391 g/mol. The maximum absolute atomic E-state index is 12.8. The summed E-state index contributed by atoms with van der Waals surface area (Å²) in [5, 5.41) is 2.77. The predicted octanol–water partition coefficient (Wildman–Crippen LogP) is 4.15. The lowest BCUT2D eigenvalue weighted by Crippen LogP contribution is -2.53. The molecule has 1 amide bonds. The molecule has 2 aromatic carbocycles. The standard InChI is InChI=1S/C23H28F3N3O/c1-16-7-8-21(13-17(16)2)29-11-9-28(10-12-29)18(3)22(30)27-15-19-5-4-6-20(14-19)23(24,25)26/h4-8,13-14,18H,9-12,15H2,1-3H3,(H,27,30). The van der Waals surface area contributed by atoms with Gasteiger partial charge in [0.25, 0.3) is 0 Å². The van der Waals surface area contributed by atoms with Crippen LogP contribution < -0.4 is 10.2 Å². The van der Waals surface area contributed by atoms with Crippen LogP contribution in [0.2, 0.25) is 0 Å². The first kappa shape index (κ1) is 22.2. The van der Waals surface area contributed by atoms with Crippen molar-refractivity contribution in [3.63, 3.8) is 0 Å². The van der Waals surface area contributed by atoms with Crippen LogP contribution >= 0.6 is 0 Å². The number of carbonyl (C=O) groups is 1. The van der Waals surface area contributed by atoms with E-state index in [1.54, 1.807) is 6.07 Å². The van der Waals surface area contributed by atoms with E-state index in [2.05, 4.69) is 47.2 Å². The number of aryl methyl sites for hydroxylation is 2. The molecule has 0 radical (unpaired) electrons. The van der Waals surface area contributed by atoms with Crippen molar-refractivity contribution in [2.24, 2.45) is 0 Å². The number of benzene rings is 2. The SMILES string of the molecule is Cc1ccc(N2CCN(C(C)C(=O)NCc3cccc(C(F)(F)F)c3)CC2)cc1C. The number of alkyl halides is 3. The second-order valence-corrected chi connectivity index (χ2v) is 7.88. The van der Waals surface area contributed by atoms with E-state index in [9.17, 15) is 18.0 Å². The molecule has 30 heavy (non-hydrogen) atoms. The van der Waals surface area contributed by atoms with Crippen LogP contribution in [0.4, 0.5) is 18.9 Å². The molecule has 162 valence electrons. The minimum Gasteiger partial charge on any atom is -0.369 e. The van der Waals surface area contributed by atoms with E-state index in [-0.39, 0.29) is 18.5 Å². The van der Waals surface area contributed by atoms with Gasteiger partial charge in [-0.2, -0.15) is 13.2 Å². The summed E-state index contributed by atoms with van der Waals surface area (Å²) >= 11 is 0. The molecule has 1 atom stereocenters. The highest BCUT2D eigenvalue weighted by Crippen LogP contribution is 2.29. The summed E-state index contributed by atoms with van der Waals surface area (Å²) in [6, 6.07) is 11.2. The summed E-state index contributed by atoms with van der Waals surface area (Å²) in [6.45, 7) is 9.28. The number of piperazine rings is 1. The Morgan fingerprint density at radius 1 is 1.03 bits per heavy atom. The fraction of sp³-hybridized carbons (Fsp3) is 0.435. The number of amides is 1. The lowest BCUT2D eigenvalue weighted by Gasteiger charge is -2.38. The first-order valence-electron chi connectivity index (χ1n) is 10.2. The first-order valence-corrected chi connectivity index (χ1v) is 10.2. The predicted molar refractivity (Wildman–Crippen MR) is 112 cm³/mol. The van der Waals surface area contributed by atoms with E-state index in [1.807, 2.05) is 6.92 Å². The molecule has 0 bridgehead atoms. The second kappa shape index (κ2) is 9.08. The molecule has 1 aliphatic rings. The number of nitrogens with zero attached hydrogens (tertiary/aromatic N) is 2. The van der Waals surface area contributed by atoms with Crippen molar-refractivity contribution in [3.8, 4) is 0 Å². The summed E-state index contributed by atoms with van der Waals surface area (Å²) < 4.78 is 38.5. The minimum absolute atomic E-state index is 0.0791. The number of nitrogens with one attached hydrogen (secondary N) is 1. The summed E-state index contributed by atoms with van der Waals surface area (Å²) in [4.78, 5) is 17.0. The van der Waals surface area contributed by atoms with Gasteiger partial charge in [0.1, 0.15) is 0 Å². The van der Waals surface area contributed by atoms with Crippen LogP contribution in [-0.2, 0) is 17.5 Å². The smallest absolute Gasteiger partial charge is 0.369 e. The zero-order valence-corrected chi connectivity index (χ0v) is 17.6. The first-order chi connectivity index (χ1) is 14.1. The van der Waals surface area contributed by atoms with Gasteiger partial charge in [-0.3, -0.25) is 9.69 Å². The summed E-state index contributed by atoms with van der Waals surface area (Å²) in [6.07, 6.45) is -4.39. The summed E-state index contributed by atoms with van der Waals surface area (Å²) in [7, 11) is 0. The van der Waals surface area contributed by atoms with E-state index < -0.39 is 11.7 Å². The van der Waals surface area contributed by atoms with E-state index in [0.29, 0.717) is 5.56 Å². The van der Waals surface area contributed by atoms with Gasteiger partial charge in [0.2, 0.25) is 5.91 Å². The summed E-state index contributed by atoms with van der Waals surface area (Å²) in [5.41, 5.74) is 3.45. The lowest BCUT2D eigenvalue weighted by atomic mass is 10.1. The van der Waals surface area contributed by atoms with E-state index in [4.69, 9.17) is 0 Å². The molecule has 0 aliphatic carbocycles. The molecule has 1 N–H and O–H groups in total. The Hall–Kier alpha value is -2.54. The number of rotatable bonds is 5. The highest BCUT2D eigenvalue weighted by molar-refractivity contribution is 5.81. The van der Waals surface area contributed by atoms with Gasteiger partial charge < -0.3 is 10.2 Å². The average molecular weight is 419 g/mol. The molecule has 0 saturated carbocycles. The molecule has 1 fully saturated rings. The van der Waals surface area contributed by atoms with E-state index >= 15 is 0 Å². The zero-order valence-electron chi connectivity index (χ0n) is 17.6. The van der Waals surface area contributed by atoms with Crippen molar-refractivity contribution < 1.29 is 18.0 Å². The Bertz CT molecular complexity index is 890. The van der Waals surface area contributed by atoms with Gasteiger partial charge in [0.15, 0.2) is 0 Å². The Morgan fingerprint density at radius 2 is 1.73 bits per heavy atom. The van der Waals surface area contributed by atoms with Crippen LogP contribution in [0.3, 0.4) is 0 Å². The zero-order chi connectivity index (χ0) is 21.9. The number of hydrogen-bond acceptors (Lipinski definition) is 3. The van der Waals surface area contributed by atoms with Crippen LogP contribution in [0.1, 0.15) is 29.2 Å². The van der Waals surface area contributed by atoms with Gasteiger partial charge in [0.05, 0.1) is 11.6 Å². The van der Waals surface area contributed by atoms with Crippen LogP contribution in [0, 0.1) is 13.8 Å². The van der Waals surface area contributed by atoms with Crippen LogP contribution in [0.5, 0.6) is 0 Å². The van der Waals surface area contributed by atoms with Crippen molar-refractivity contribution in [3.05, 3.63) is 64.7 Å². The van der Waals surface area contributed by atoms with Crippen LogP contribution in [0.15, 0.2) is 42.5 Å². The van der Waals surface area contributed by atoms with Crippen molar-refractivity contribution in [1.82, 2.24) is 10.2 Å². The van der Waals surface area contributed by atoms with Gasteiger partial charge >= 0.3 is 6.18 Å². The fourth-order valence-electron chi connectivity index (χ4n) is 3.65. The van der Waals surface area contributed by atoms with E-state index in [0.717, 1.165) is 38.3 Å². The molecule has 2 aromatic rings. The highest BCUT2D eigenvalue weighted by Gasteiger charge is 2.30. The molecular formula is C23H28F3N3O. The minimum atomic E-state index is -4.39. The normalized spacial score (nSPS) is 16.4. The monoisotopic (exact) mass is 419 g/mol. The Kier molecular flexibility index (Phi) is 6.71. The molecule has 4 nitrogen and oxygen atoms in total. The van der Waals surface area contributed by atoms with Crippen molar-refractivity contribution in [2.45, 2.75) is 39.5 Å². The van der Waals surface area contributed by atoms with Gasteiger partial charge in [0, 0.05) is 38.4 Å². The molecule has 1 aliphatic heterocycles. The van der Waals surface area contributed by atoms with Crippen molar-refractivity contribution >= 4 is 11.6 Å². The Balaban J connectivity index is 1.52. The fourth-order valence-corrected chi connectivity index (χ4v) is 3.65. The van der Waals surface area contributed by atoms with Crippen LogP contribution in [-0.4, -0.2) is 43.0 Å². The van der Waals surface area contributed by atoms with Gasteiger partial charge in [-0.15, -0.1) is 0 Å². The van der Waals surface area contributed by atoms with Crippen molar-refractivity contribution in [2.75, 3.05) is 31.1 Å². The topological polar surface area (TPSA) is 35.6 Å². The molecule has 1 saturated heterocycles. The molecule has 0 spiro atoms. The number of carbonyl (C=O) groups excluding carboxylic acids is 1. The maximum Gasteiger partial charge on any atom is 0.416 e. The Labute approximate surface area is 175 Å². The third kappa shape index (κ3) is 5.33. The lowest BCUT2D eigenvalue weighted by molar-refractivity contribution is -0.137. The molecule has 0 aromatic heterocycles. The van der Waals surface area contributed by atoms with Crippen molar-refractivity contribution in [1.29, 1.82) is 0 Å². The van der Waals surface area contributed by atoms with Gasteiger partial charge in [-0.05, 0) is 61.7 Å². The molecule has 1 heterocycles. The quantitative estimate of drug-likeness (QED) is 0.791. The molecule has 3 rings (SSSR count).